The fourth-order valence-corrected chi connectivity index (χ4v) is 3.45. The summed E-state index contributed by atoms with van der Waals surface area (Å²) in [6.07, 6.45) is 7.34. The third kappa shape index (κ3) is 4.70. The molecule has 0 bridgehead atoms. The van der Waals surface area contributed by atoms with Crippen LogP contribution in [0.5, 0.6) is 0 Å². The first-order chi connectivity index (χ1) is 10.1. The molecule has 0 radical (unpaired) electrons. The number of carboxylic acids is 1. The van der Waals surface area contributed by atoms with E-state index in [0.29, 0.717) is 25.3 Å². The maximum absolute atomic E-state index is 12.2. The van der Waals surface area contributed by atoms with Crippen molar-refractivity contribution in [2.24, 2.45) is 11.3 Å². The first-order valence-electron chi connectivity index (χ1n) is 8.20. The molecule has 1 saturated carbocycles. The molecule has 5 heteroatoms. The minimum Gasteiger partial charge on any atom is -0.481 e. The van der Waals surface area contributed by atoms with Crippen LogP contribution in [0.2, 0.25) is 0 Å². The minimum atomic E-state index is -0.837. The molecule has 1 heterocycles. The van der Waals surface area contributed by atoms with Crippen molar-refractivity contribution in [3.63, 3.8) is 0 Å². The largest absolute Gasteiger partial charge is 0.481 e. The van der Waals surface area contributed by atoms with E-state index in [1.807, 2.05) is 0 Å². The van der Waals surface area contributed by atoms with Crippen LogP contribution in [0.15, 0.2) is 0 Å². The van der Waals surface area contributed by atoms with Gasteiger partial charge in [0.2, 0.25) is 5.91 Å². The zero-order valence-electron chi connectivity index (χ0n) is 12.7. The highest BCUT2D eigenvalue weighted by Crippen LogP contribution is 2.38. The van der Waals surface area contributed by atoms with E-state index < -0.39 is 11.4 Å². The fraction of sp³-hybridized carbons (Fsp3) is 0.875. The molecule has 1 aliphatic carbocycles. The molecule has 1 saturated heterocycles. The summed E-state index contributed by atoms with van der Waals surface area (Å²) in [5.41, 5.74) is -0.837. The third-order valence-corrected chi connectivity index (χ3v) is 4.94. The third-order valence-electron chi connectivity index (χ3n) is 4.94. The number of carboxylic acid groups (broad SMARTS) is 1. The number of hydrogen-bond acceptors (Lipinski definition) is 3. The number of carbonyl (C=O) groups is 2. The second kappa shape index (κ2) is 7.78. The lowest BCUT2D eigenvalue weighted by Gasteiger charge is -2.28. The molecule has 0 spiro atoms. The van der Waals surface area contributed by atoms with Crippen molar-refractivity contribution in [1.29, 1.82) is 0 Å². The van der Waals surface area contributed by atoms with E-state index in [2.05, 4.69) is 5.32 Å². The Bertz CT molecular complexity index is 355. The molecule has 0 aromatic heterocycles. The van der Waals surface area contributed by atoms with E-state index >= 15 is 0 Å². The molecule has 1 amide bonds. The van der Waals surface area contributed by atoms with Crippen molar-refractivity contribution in [3.05, 3.63) is 0 Å². The van der Waals surface area contributed by atoms with Crippen molar-refractivity contribution in [2.45, 2.75) is 57.8 Å². The monoisotopic (exact) mass is 297 g/mol. The van der Waals surface area contributed by atoms with Gasteiger partial charge in [0.15, 0.2) is 0 Å². The highest BCUT2D eigenvalue weighted by atomic mass is 16.5. The Labute approximate surface area is 126 Å². The van der Waals surface area contributed by atoms with E-state index in [-0.39, 0.29) is 12.3 Å². The Morgan fingerprint density at radius 3 is 2.29 bits per heavy atom. The highest BCUT2D eigenvalue weighted by molar-refractivity contribution is 5.85. The van der Waals surface area contributed by atoms with Gasteiger partial charge in [-0.2, -0.15) is 0 Å². The molecule has 0 unspecified atom stereocenters. The van der Waals surface area contributed by atoms with Gasteiger partial charge in [-0.15, -0.1) is 0 Å². The highest BCUT2D eigenvalue weighted by Gasteiger charge is 2.40. The molecular formula is C16H27NO4. The molecule has 2 fully saturated rings. The zero-order chi connectivity index (χ0) is 15.1. The summed E-state index contributed by atoms with van der Waals surface area (Å²) in [6.45, 7) is 2.18. The van der Waals surface area contributed by atoms with Gasteiger partial charge in [0.25, 0.3) is 0 Å². The SMILES string of the molecule is O=C(CC1(C(=O)O)CCCCCC1)NCC1CCOCC1. The van der Waals surface area contributed by atoms with Gasteiger partial charge >= 0.3 is 5.97 Å². The summed E-state index contributed by atoms with van der Waals surface area (Å²) in [6, 6.07) is 0. The van der Waals surface area contributed by atoms with Crippen LogP contribution in [-0.2, 0) is 14.3 Å². The van der Waals surface area contributed by atoms with Crippen molar-refractivity contribution < 1.29 is 19.4 Å². The van der Waals surface area contributed by atoms with E-state index in [1.54, 1.807) is 0 Å². The van der Waals surface area contributed by atoms with Crippen molar-refractivity contribution in [2.75, 3.05) is 19.8 Å². The number of amides is 1. The molecule has 120 valence electrons. The van der Waals surface area contributed by atoms with Gasteiger partial charge in [0, 0.05) is 26.2 Å². The van der Waals surface area contributed by atoms with Crippen LogP contribution in [0, 0.1) is 11.3 Å². The lowest BCUT2D eigenvalue weighted by Crippen LogP contribution is -2.39. The Morgan fingerprint density at radius 1 is 1.10 bits per heavy atom. The predicted molar refractivity (Wildman–Crippen MR) is 78.9 cm³/mol. The van der Waals surface area contributed by atoms with Gasteiger partial charge in [0.05, 0.1) is 5.41 Å². The van der Waals surface area contributed by atoms with Crippen molar-refractivity contribution in [1.82, 2.24) is 5.32 Å². The summed E-state index contributed by atoms with van der Waals surface area (Å²) in [5.74, 6) is -0.436. The Balaban J connectivity index is 1.84. The van der Waals surface area contributed by atoms with E-state index in [4.69, 9.17) is 4.74 Å². The molecule has 0 aromatic carbocycles. The average Bonchev–Trinajstić information content (AvgIpc) is 2.73. The summed E-state index contributed by atoms with van der Waals surface area (Å²) < 4.78 is 5.30. The summed E-state index contributed by atoms with van der Waals surface area (Å²) in [7, 11) is 0. The van der Waals surface area contributed by atoms with E-state index in [1.165, 1.54) is 0 Å². The topological polar surface area (TPSA) is 75.6 Å². The molecule has 2 aliphatic rings. The molecule has 5 nitrogen and oxygen atoms in total. The van der Waals surface area contributed by atoms with E-state index in [0.717, 1.165) is 51.7 Å². The number of ether oxygens (including phenoxy) is 1. The van der Waals surface area contributed by atoms with Gasteiger partial charge in [-0.1, -0.05) is 25.7 Å². The quantitative estimate of drug-likeness (QED) is 0.764. The molecule has 0 atom stereocenters. The standard InChI is InChI=1S/C16H27NO4/c18-14(17-12-13-5-9-21-10-6-13)11-16(15(19)20)7-3-1-2-4-8-16/h13H,1-12H2,(H,17,18)(H,19,20). The van der Waals surface area contributed by atoms with E-state index in [9.17, 15) is 14.7 Å². The van der Waals surface area contributed by atoms with Crippen LogP contribution in [0.1, 0.15) is 57.8 Å². The number of carbonyl (C=O) groups excluding carboxylic acids is 1. The van der Waals surface area contributed by atoms with Gasteiger partial charge in [-0.3, -0.25) is 9.59 Å². The molecule has 2 rings (SSSR count). The maximum atomic E-state index is 12.2. The van der Waals surface area contributed by atoms with Crippen molar-refractivity contribution >= 4 is 11.9 Å². The Kier molecular flexibility index (Phi) is 6.03. The molecule has 0 aromatic rings. The van der Waals surface area contributed by atoms with Crippen LogP contribution >= 0.6 is 0 Å². The number of aliphatic carboxylic acids is 1. The molecule has 1 aliphatic heterocycles. The lowest BCUT2D eigenvalue weighted by atomic mass is 9.77. The minimum absolute atomic E-state index is 0.106. The lowest BCUT2D eigenvalue weighted by molar-refractivity contribution is -0.152. The van der Waals surface area contributed by atoms with Crippen LogP contribution in [0.25, 0.3) is 0 Å². The molecular weight excluding hydrogens is 270 g/mol. The normalized spacial score (nSPS) is 23.2. The second-order valence-electron chi connectivity index (χ2n) is 6.54. The number of nitrogens with one attached hydrogen (secondary N) is 1. The second-order valence-corrected chi connectivity index (χ2v) is 6.54. The van der Waals surface area contributed by atoms with Gasteiger partial charge in [0.1, 0.15) is 0 Å². The summed E-state index contributed by atoms with van der Waals surface area (Å²) >= 11 is 0. The fourth-order valence-electron chi connectivity index (χ4n) is 3.45. The Hall–Kier alpha value is -1.10. The Morgan fingerprint density at radius 2 is 1.71 bits per heavy atom. The first kappa shape index (κ1) is 16.3. The van der Waals surface area contributed by atoms with Gasteiger partial charge in [-0.05, 0) is 31.6 Å². The van der Waals surface area contributed by atoms with Gasteiger partial charge < -0.3 is 15.2 Å². The van der Waals surface area contributed by atoms with Crippen LogP contribution in [-0.4, -0.2) is 36.7 Å². The van der Waals surface area contributed by atoms with Gasteiger partial charge in [-0.25, -0.2) is 0 Å². The first-order valence-corrected chi connectivity index (χ1v) is 8.20. The van der Waals surface area contributed by atoms with Crippen molar-refractivity contribution in [3.8, 4) is 0 Å². The average molecular weight is 297 g/mol. The zero-order valence-corrected chi connectivity index (χ0v) is 12.7. The smallest absolute Gasteiger partial charge is 0.310 e. The maximum Gasteiger partial charge on any atom is 0.310 e. The number of hydrogen-bond donors (Lipinski definition) is 2. The van der Waals surface area contributed by atoms with Crippen LogP contribution in [0.3, 0.4) is 0 Å². The van der Waals surface area contributed by atoms with Crippen LogP contribution in [0.4, 0.5) is 0 Å². The molecule has 2 N–H and O–H groups in total. The molecule has 21 heavy (non-hydrogen) atoms. The van der Waals surface area contributed by atoms with Crippen LogP contribution < -0.4 is 5.32 Å². The number of rotatable bonds is 5. The summed E-state index contributed by atoms with van der Waals surface area (Å²) in [4.78, 5) is 23.8. The summed E-state index contributed by atoms with van der Waals surface area (Å²) in [5, 5.41) is 12.5. The predicted octanol–water partition coefficient (Wildman–Crippen LogP) is 2.34.